The molecule has 0 saturated heterocycles. The van der Waals surface area contributed by atoms with E-state index >= 15 is 0 Å². The minimum absolute atomic E-state index is 0.0787. The van der Waals surface area contributed by atoms with Gasteiger partial charge in [0.05, 0.1) is 17.7 Å². The number of thioether (sulfide) groups is 1. The van der Waals surface area contributed by atoms with Crippen molar-refractivity contribution in [1.29, 1.82) is 0 Å². The minimum atomic E-state index is -4.11. The summed E-state index contributed by atoms with van der Waals surface area (Å²) < 4.78 is 34.3. The lowest BCUT2D eigenvalue weighted by atomic mass is 10.1. The Hall–Kier alpha value is -3.50. The summed E-state index contributed by atoms with van der Waals surface area (Å²) in [4.78, 5) is 29.8. The molecule has 10 heteroatoms. The number of nitrogens with zero attached hydrogens (tertiary/aromatic N) is 2. The molecule has 0 aromatic heterocycles. The maximum absolute atomic E-state index is 14.1. The summed E-state index contributed by atoms with van der Waals surface area (Å²) >= 11 is 1.51. The normalized spacial score (nSPS) is 12.1. The van der Waals surface area contributed by atoms with E-state index in [2.05, 4.69) is 5.32 Å². The molecule has 220 valence electrons. The van der Waals surface area contributed by atoms with Gasteiger partial charge in [0, 0.05) is 17.5 Å². The van der Waals surface area contributed by atoms with Gasteiger partial charge in [-0.2, -0.15) is 0 Å². The molecule has 0 heterocycles. The van der Waals surface area contributed by atoms with Crippen molar-refractivity contribution in [3.63, 3.8) is 0 Å². The van der Waals surface area contributed by atoms with Crippen molar-refractivity contribution in [3.8, 4) is 5.75 Å². The van der Waals surface area contributed by atoms with Crippen LogP contribution >= 0.6 is 11.8 Å². The maximum atomic E-state index is 14.1. The third-order valence-electron chi connectivity index (χ3n) is 6.58. The molecule has 41 heavy (non-hydrogen) atoms. The van der Waals surface area contributed by atoms with Crippen LogP contribution in [0.5, 0.6) is 5.75 Å². The van der Waals surface area contributed by atoms with Gasteiger partial charge in [-0.05, 0) is 87.5 Å². The molecule has 0 spiro atoms. The summed E-state index contributed by atoms with van der Waals surface area (Å²) in [5.74, 6) is -0.112. The van der Waals surface area contributed by atoms with Gasteiger partial charge in [-0.3, -0.25) is 13.9 Å². The number of nitrogens with one attached hydrogen (secondary N) is 1. The summed E-state index contributed by atoms with van der Waals surface area (Å²) in [5, 5.41) is 2.90. The first-order valence-electron chi connectivity index (χ1n) is 13.5. The van der Waals surface area contributed by atoms with E-state index in [1.165, 1.54) is 16.7 Å². The van der Waals surface area contributed by atoms with E-state index in [-0.39, 0.29) is 23.4 Å². The van der Waals surface area contributed by atoms with Crippen LogP contribution in [0.1, 0.15) is 38.3 Å². The zero-order valence-corrected chi connectivity index (χ0v) is 26.1. The molecule has 1 unspecified atom stereocenters. The number of amides is 2. The van der Waals surface area contributed by atoms with Gasteiger partial charge in [0.15, 0.2) is 0 Å². The van der Waals surface area contributed by atoms with Crippen molar-refractivity contribution in [2.24, 2.45) is 0 Å². The van der Waals surface area contributed by atoms with Crippen molar-refractivity contribution in [2.75, 3.05) is 24.2 Å². The van der Waals surface area contributed by atoms with E-state index < -0.39 is 28.5 Å². The first-order valence-corrected chi connectivity index (χ1v) is 16.1. The smallest absolute Gasteiger partial charge is 0.264 e. The number of carbonyl (C=O) groups is 2. The molecule has 0 saturated carbocycles. The van der Waals surface area contributed by atoms with Crippen LogP contribution in [-0.4, -0.2) is 57.1 Å². The third-order valence-corrected chi connectivity index (χ3v) is 9.11. The largest absolute Gasteiger partial charge is 0.497 e. The zero-order chi connectivity index (χ0) is 30.2. The number of rotatable bonds is 13. The van der Waals surface area contributed by atoms with E-state index in [0.717, 1.165) is 20.3 Å². The van der Waals surface area contributed by atoms with Crippen LogP contribution in [0.15, 0.2) is 82.6 Å². The van der Waals surface area contributed by atoms with Crippen LogP contribution in [0.2, 0.25) is 0 Å². The van der Waals surface area contributed by atoms with Crippen molar-refractivity contribution in [1.82, 2.24) is 10.2 Å². The average molecular weight is 598 g/mol. The standard InChI is InChI=1S/C31H39N3O5S2/c1-7-29(31(36)32-22(2)3)33(20-24-10-14-26(39-5)15-11-24)30(35)21-34(25-12-8-23(4)9-13-25)41(37,38)28-18-16-27(40-6)17-19-28/h8-19,22,29H,7,20-21H2,1-6H3,(H,32,36). The van der Waals surface area contributed by atoms with Crippen molar-refractivity contribution in [3.05, 3.63) is 83.9 Å². The highest BCUT2D eigenvalue weighted by molar-refractivity contribution is 7.98. The fraction of sp³-hybridized carbons (Fsp3) is 0.355. The molecule has 0 aliphatic carbocycles. The first kappa shape index (κ1) is 32.0. The molecular formula is C31H39N3O5S2. The second kappa shape index (κ2) is 14.4. The number of methoxy groups -OCH3 is 1. The summed E-state index contributed by atoms with van der Waals surface area (Å²) in [7, 11) is -2.54. The average Bonchev–Trinajstić information content (AvgIpc) is 2.96. The molecule has 1 atom stereocenters. The minimum Gasteiger partial charge on any atom is -0.497 e. The molecule has 0 bridgehead atoms. The Balaban J connectivity index is 2.05. The molecule has 2 amide bonds. The van der Waals surface area contributed by atoms with Gasteiger partial charge in [0.1, 0.15) is 18.3 Å². The second-order valence-corrected chi connectivity index (χ2v) is 12.7. The van der Waals surface area contributed by atoms with Crippen molar-refractivity contribution < 1.29 is 22.7 Å². The number of benzene rings is 3. The zero-order valence-electron chi connectivity index (χ0n) is 24.5. The molecule has 3 rings (SSSR count). The molecule has 0 aliphatic heterocycles. The van der Waals surface area contributed by atoms with Gasteiger partial charge in [0.2, 0.25) is 11.8 Å². The molecule has 3 aromatic rings. The van der Waals surface area contributed by atoms with E-state index in [1.54, 1.807) is 67.8 Å². The number of ether oxygens (including phenoxy) is 1. The summed E-state index contributed by atoms with van der Waals surface area (Å²) in [5.41, 5.74) is 2.11. The Morgan fingerprint density at radius 2 is 1.56 bits per heavy atom. The number of anilines is 1. The Kier molecular flexibility index (Phi) is 11.3. The van der Waals surface area contributed by atoms with Crippen LogP contribution in [0.3, 0.4) is 0 Å². The predicted octanol–water partition coefficient (Wildman–Crippen LogP) is 5.25. The summed E-state index contributed by atoms with van der Waals surface area (Å²) in [6.07, 6.45) is 2.27. The SMILES string of the molecule is CCC(C(=O)NC(C)C)N(Cc1ccc(OC)cc1)C(=O)CN(c1ccc(C)cc1)S(=O)(=O)c1ccc(SC)cc1. The van der Waals surface area contributed by atoms with Crippen LogP contribution in [-0.2, 0) is 26.2 Å². The summed E-state index contributed by atoms with van der Waals surface area (Å²) in [6.45, 7) is 7.10. The number of hydrogen-bond donors (Lipinski definition) is 1. The van der Waals surface area contributed by atoms with Gasteiger partial charge in [0.25, 0.3) is 10.0 Å². The van der Waals surface area contributed by atoms with Crippen LogP contribution in [0, 0.1) is 6.92 Å². The highest BCUT2D eigenvalue weighted by Gasteiger charge is 2.33. The third kappa shape index (κ3) is 8.27. The first-order chi connectivity index (χ1) is 19.5. The lowest BCUT2D eigenvalue weighted by molar-refractivity contribution is -0.140. The quantitative estimate of drug-likeness (QED) is 0.270. The molecule has 3 aromatic carbocycles. The van der Waals surface area contributed by atoms with E-state index in [9.17, 15) is 18.0 Å². The monoisotopic (exact) mass is 597 g/mol. The lowest BCUT2D eigenvalue weighted by Gasteiger charge is -2.33. The molecule has 0 aliphatic rings. The molecule has 1 N–H and O–H groups in total. The highest BCUT2D eigenvalue weighted by Crippen LogP contribution is 2.27. The molecular weight excluding hydrogens is 558 g/mol. The number of carbonyl (C=O) groups excluding carboxylic acids is 2. The van der Waals surface area contributed by atoms with Gasteiger partial charge < -0.3 is 15.0 Å². The number of hydrogen-bond acceptors (Lipinski definition) is 6. The number of sulfonamides is 1. The van der Waals surface area contributed by atoms with Gasteiger partial charge in [-0.15, -0.1) is 11.8 Å². The van der Waals surface area contributed by atoms with Gasteiger partial charge >= 0.3 is 0 Å². The predicted molar refractivity (Wildman–Crippen MR) is 165 cm³/mol. The molecule has 8 nitrogen and oxygen atoms in total. The van der Waals surface area contributed by atoms with E-state index in [0.29, 0.717) is 17.9 Å². The Morgan fingerprint density at radius 3 is 2.07 bits per heavy atom. The fourth-order valence-electron chi connectivity index (χ4n) is 4.34. The van der Waals surface area contributed by atoms with E-state index in [4.69, 9.17) is 4.74 Å². The van der Waals surface area contributed by atoms with Crippen LogP contribution in [0.25, 0.3) is 0 Å². The van der Waals surface area contributed by atoms with Gasteiger partial charge in [-0.1, -0.05) is 36.8 Å². The topological polar surface area (TPSA) is 96.0 Å². The van der Waals surface area contributed by atoms with Crippen LogP contribution < -0.4 is 14.4 Å². The van der Waals surface area contributed by atoms with E-state index in [1.807, 2.05) is 46.1 Å². The lowest BCUT2D eigenvalue weighted by Crippen LogP contribution is -2.53. The molecule has 0 fully saturated rings. The second-order valence-electron chi connectivity index (χ2n) is 9.98. The Morgan fingerprint density at radius 1 is 0.951 bits per heavy atom. The number of aryl methyl sites for hydroxylation is 1. The van der Waals surface area contributed by atoms with Crippen LogP contribution in [0.4, 0.5) is 5.69 Å². The highest BCUT2D eigenvalue weighted by atomic mass is 32.2. The Labute approximate surface area is 248 Å². The molecule has 0 radical (unpaired) electrons. The van der Waals surface area contributed by atoms with Gasteiger partial charge in [-0.25, -0.2) is 8.42 Å². The Bertz CT molecular complexity index is 1410. The summed E-state index contributed by atoms with van der Waals surface area (Å²) in [6, 6.07) is 19.9. The maximum Gasteiger partial charge on any atom is 0.264 e. The van der Waals surface area contributed by atoms with Crippen molar-refractivity contribution in [2.45, 2.75) is 62.5 Å². The fourth-order valence-corrected chi connectivity index (χ4v) is 6.16. The van der Waals surface area contributed by atoms with Crippen molar-refractivity contribution >= 4 is 39.3 Å².